The standard InChI is InChI=1S/C22H18N6O7/c29-19(30)12-27-16-9-17(18(28(34)35)8-15(16)25-20(31)21(27)32)26-7-6-13(11-26)10-23-22(33)24-14-4-2-1-3-5-14/h1-9,11H,10,12H2,(H,25,31)(H,29,30)(H2,23,24,33). The van der Waals surface area contributed by atoms with Gasteiger partial charge >= 0.3 is 23.1 Å². The number of nitrogens with one attached hydrogen (secondary N) is 3. The van der Waals surface area contributed by atoms with Crippen molar-refractivity contribution in [2.24, 2.45) is 0 Å². The van der Waals surface area contributed by atoms with E-state index in [4.69, 9.17) is 5.11 Å². The number of amides is 2. The minimum absolute atomic E-state index is 0.00761. The van der Waals surface area contributed by atoms with E-state index in [9.17, 15) is 29.3 Å². The zero-order chi connectivity index (χ0) is 25.1. The predicted molar refractivity (Wildman–Crippen MR) is 125 cm³/mol. The predicted octanol–water partition coefficient (Wildman–Crippen LogP) is 1.79. The molecule has 0 atom stereocenters. The number of benzene rings is 2. The van der Waals surface area contributed by atoms with Crippen LogP contribution < -0.4 is 21.8 Å². The lowest BCUT2D eigenvalue weighted by atomic mass is 10.2. The number of aliphatic carboxylic acids is 1. The van der Waals surface area contributed by atoms with E-state index < -0.39 is 34.6 Å². The molecular formula is C22H18N6O7. The molecule has 0 aliphatic heterocycles. The van der Waals surface area contributed by atoms with Crippen LogP contribution >= 0.6 is 0 Å². The SMILES string of the molecule is O=C(O)Cn1c(=O)c(=O)[nH]c2cc([N+](=O)[O-])c(-n3ccc(CNC(=O)Nc4ccccc4)c3)cc21. The van der Waals surface area contributed by atoms with E-state index in [0.29, 0.717) is 11.3 Å². The number of H-pyrrole nitrogens is 1. The van der Waals surface area contributed by atoms with Crippen molar-refractivity contribution in [1.29, 1.82) is 0 Å². The molecule has 4 N–H and O–H groups in total. The second kappa shape index (κ2) is 9.35. The Labute approximate surface area is 195 Å². The zero-order valence-electron chi connectivity index (χ0n) is 17.9. The Hall–Kier alpha value is -5.20. The smallest absolute Gasteiger partial charge is 0.323 e. The molecule has 4 aromatic rings. The second-order valence-electron chi connectivity index (χ2n) is 7.46. The number of aromatic amines is 1. The third-order valence-corrected chi connectivity index (χ3v) is 5.08. The summed E-state index contributed by atoms with van der Waals surface area (Å²) >= 11 is 0. The van der Waals surface area contributed by atoms with E-state index in [2.05, 4.69) is 15.6 Å². The van der Waals surface area contributed by atoms with Gasteiger partial charge in [-0.2, -0.15) is 0 Å². The van der Waals surface area contributed by atoms with Crippen LogP contribution in [-0.2, 0) is 17.9 Å². The normalized spacial score (nSPS) is 10.7. The average Bonchev–Trinajstić information content (AvgIpc) is 3.29. The van der Waals surface area contributed by atoms with Crippen LogP contribution in [0.1, 0.15) is 5.56 Å². The molecule has 13 heteroatoms. The summed E-state index contributed by atoms with van der Waals surface area (Å²) in [5.41, 5.74) is -1.36. The number of carbonyl (C=O) groups excluding carboxylic acids is 1. The van der Waals surface area contributed by atoms with Gasteiger partial charge in [-0.3, -0.25) is 29.1 Å². The Kier molecular flexibility index (Phi) is 6.14. The van der Waals surface area contributed by atoms with Gasteiger partial charge in [0.15, 0.2) is 0 Å². The van der Waals surface area contributed by atoms with Crippen LogP contribution in [0.2, 0.25) is 0 Å². The molecule has 4 rings (SSSR count). The molecule has 0 aliphatic rings. The molecule has 0 aliphatic carbocycles. The first kappa shape index (κ1) is 23.0. The number of hydrogen-bond acceptors (Lipinski definition) is 6. The van der Waals surface area contributed by atoms with Gasteiger partial charge in [-0.05, 0) is 29.8 Å². The van der Waals surface area contributed by atoms with Gasteiger partial charge in [-0.1, -0.05) is 18.2 Å². The molecule has 0 saturated carbocycles. The minimum atomic E-state index is -1.36. The van der Waals surface area contributed by atoms with E-state index in [0.717, 1.165) is 10.6 Å². The Morgan fingerprint density at radius 3 is 2.54 bits per heavy atom. The van der Waals surface area contributed by atoms with E-state index in [1.54, 1.807) is 36.5 Å². The third kappa shape index (κ3) is 4.93. The van der Waals surface area contributed by atoms with E-state index in [-0.39, 0.29) is 29.0 Å². The fourth-order valence-electron chi connectivity index (χ4n) is 3.52. The summed E-state index contributed by atoms with van der Waals surface area (Å²) < 4.78 is 2.15. The van der Waals surface area contributed by atoms with Crippen molar-refractivity contribution in [2.45, 2.75) is 13.1 Å². The van der Waals surface area contributed by atoms with Gasteiger partial charge in [0.1, 0.15) is 12.2 Å². The highest BCUT2D eigenvalue weighted by molar-refractivity contribution is 5.89. The van der Waals surface area contributed by atoms with Crippen LogP contribution in [0.5, 0.6) is 0 Å². The largest absolute Gasteiger partial charge is 0.480 e. The molecular weight excluding hydrogens is 460 g/mol. The molecule has 178 valence electrons. The maximum absolute atomic E-state index is 12.2. The van der Waals surface area contributed by atoms with Crippen LogP contribution in [0.3, 0.4) is 0 Å². The highest BCUT2D eigenvalue weighted by atomic mass is 16.6. The lowest BCUT2D eigenvalue weighted by molar-refractivity contribution is -0.384. The van der Waals surface area contributed by atoms with Gasteiger partial charge in [0.05, 0.1) is 16.0 Å². The van der Waals surface area contributed by atoms with Crippen molar-refractivity contribution in [1.82, 2.24) is 19.4 Å². The number of carboxylic acids is 1. The first-order valence-corrected chi connectivity index (χ1v) is 10.2. The van der Waals surface area contributed by atoms with E-state index in [1.807, 2.05) is 6.07 Å². The topological polar surface area (TPSA) is 181 Å². The van der Waals surface area contributed by atoms with Gasteiger partial charge in [0.25, 0.3) is 5.69 Å². The first-order valence-electron chi connectivity index (χ1n) is 10.2. The van der Waals surface area contributed by atoms with Crippen LogP contribution in [0.4, 0.5) is 16.2 Å². The third-order valence-electron chi connectivity index (χ3n) is 5.08. The molecule has 13 nitrogen and oxygen atoms in total. The fourth-order valence-corrected chi connectivity index (χ4v) is 3.52. The van der Waals surface area contributed by atoms with Gasteiger partial charge in [0, 0.05) is 30.7 Å². The summed E-state index contributed by atoms with van der Waals surface area (Å²) in [6, 6.07) is 12.3. The second-order valence-corrected chi connectivity index (χ2v) is 7.46. The van der Waals surface area contributed by atoms with Gasteiger partial charge in [-0.15, -0.1) is 0 Å². The Balaban J connectivity index is 1.67. The summed E-state index contributed by atoms with van der Waals surface area (Å²) in [7, 11) is 0. The molecule has 2 aromatic heterocycles. The molecule has 0 saturated heterocycles. The number of nitro benzene ring substituents is 1. The summed E-state index contributed by atoms with van der Waals surface area (Å²) in [5, 5.41) is 26.2. The number of nitrogens with zero attached hydrogens (tertiary/aromatic N) is 3. The monoisotopic (exact) mass is 478 g/mol. The Bertz CT molecular complexity index is 1570. The zero-order valence-corrected chi connectivity index (χ0v) is 17.9. The molecule has 35 heavy (non-hydrogen) atoms. The highest BCUT2D eigenvalue weighted by Crippen LogP contribution is 2.28. The van der Waals surface area contributed by atoms with E-state index in [1.165, 1.54) is 16.8 Å². The van der Waals surface area contributed by atoms with Crippen molar-refractivity contribution < 1.29 is 19.6 Å². The average molecular weight is 478 g/mol. The lowest BCUT2D eigenvalue weighted by Gasteiger charge is -2.11. The number of para-hydroxylation sites is 1. The number of carboxylic acid groups (broad SMARTS) is 1. The number of nitro groups is 1. The number of hydrogen-bond donors (Lipinski definition) is 4. The number of anilines is 1. The van der Waals surface area contributed by atoms with Crippen molar-refractivity contribution in [3.05, 3.63) is 97.3 Å². The minimum Gasteiger partial charge on any atom is -0.480 e. The molecule has 2 heterocycles. The van der Waals surface area contributed by atoms with Gasteiger partial charge < -0.3 is 25.3 Å². The van der Waals surface area contributed by atoms with Crippen molar-refractivity contribution in [2.75, 3.05) is 5.32 Å². The van der Waals surface area contributed by atoms with Crippen LogP contribution in [0, 0.1) is 10.1 Å². The van der Waals surface area contributed by atoms with Crippen LogP contribution in [0.15, 0.2) is 70.5 Å². The molecule has 0 unspecified atom stereocenters. The molecule has 0 fully saturated rings. The van der Waals surface area contributed by atoms with Crippen molar-refractivity contribution >= 4 is 34.4 Å². The number of aromatic nitrogens is 3. The van der Waals surface area contributed by atoms with E-state index >= 15 is 0 Å². The maximum atomic E-state index is 12.2. The van der Waals surface area contributed by atoms with Crippen molar-refractivity contribution in [3.8, 4) is 5.69 Å². The summed E-state index contributed by atoms with van der Waals surface area (Å²) in [5.74, 6) is -1.36. The molecule has 0 radical (unpaired) electrons. The first-order chi connectivity index (χ1) is 16.7. The van der Waals surface area contributed by atoms with Gasteiger partial charge in [-0.25, -0.2) is 4.79 Å². The summed E-state index contributed by atoms with van der Waals surface area (Å²) in [6.07, 6.45) is 3.06. The quantitative estimate of drug-likeness (QED) is 0.177. The molecule has 2 amide bonds. The molecule has 2 aromatic carbocycles. The van der Waals surface area contributed by atoms with Gasteiger partial charge in [0.2, 0.25) is 0 Å². The number of fused-ring (bicyclic) bond motifs is 1. The fraction of sp³-hybridized carbons (Fsp3) is 0.0909. The summed E-state index contributed by atoms with van der Waals surface area (Å²) in [4.78, 5) is 60.8. The number of urea groups is 1. The van der Waals surface area contributed by atoms with Crippen molar-refractivity contribution in [3.63, 3.8) is 0 Å². The lowest BCUT2D eigenvalue weighted by Crippen LogP contribution is -2.37. The molecule has 0 spiro atoms. The Morgan fingerprint density at radius 1 is 1.11 bits per heavy atom. The number of carbonyl (C=O) groups is 2. The maximum Gasteiger partial charge on any atom is 0.323 e. The molecule has 0 bridgehead atoms. The number of rotatable bonds is 7. The highest BCUT2D eigenvalue weighted by Gasteiger charge is 2.21. The van der Waals surface area contributed by atoms with Crippen LogP contribution in [0.25, 0.3) is 16.7 Å². The summed E-state index contributed by atoms with van der Waals surface area (Å²) in [6.45, 7) is -0.683. The van der Waals surface area contributed by atoms with Crippen LogP contribution in [-0.4, -0.2) is 36.1 Å². The Morgan fingerprint density at radius 2 is 1.86 bits per heavy atom.